The monoisotopic (exact) mass is 258 g/mol. The molecular formula is C11H15BrS. The van der Waals surface area contributed by atoms with Gasteiger partial charge in [-0.25, -0.2) is 0 Å². The van der Waals surface area contributed by atoms with Gasteiger partial charge in [-0.15, -0.1) is 11.3 Å². The molecule has 1 saturated carbocycles. The number of alkyl halides is 1. The van der Waals surface area contributed by atoms with E-state index in [9.17, 15) is 0 Å². The smallest absolute Gasteiger partial charge is 0.0113 e. The van der Waals surface area contributed by atoms with Crippen molar-refractivity contribution in [1.82, 2.24) is 0 Å². The Balaban J connectivity index is 2.28. The van der Waals surface area contributed by atoms with Gasteiger partial charge in [-0.3, -0.25) is 0 Å². The molecule has 2 atom stereocenters. The van der Waals surface area contributed by atoms with Crippen molar-refractivity contribution in [3.63, 3.8) is 0 Å². The minimum absolute atomic E-state index is 0.512. The fraction of sp³-hybridized carbons (Fsp3) is 0.636. The lowest BCUT2D eigenvalue weighted by molar-refractivity contribution is 0.459. The summed E-state index contributed by atoms with van der Waals surface area (Å²) in [5, 5.41) is 3.35. The van der Waals surface area contributed by atoms with Crippen LogP contribution in [0.25, 0.3) is 0 Å². The highest BCUT2D eigenvalue weighted by molar-refractivity contribution is 9.09. The molecule has 1 aliphatic carbocycles. The van der Waals surface area contributed by atoms with E-state index >= 15 is 0 Å². The third-order valence-corrected chi connectivity index (χ3v) is 5.19. The van der Waals surface area contributed by atoms with Gasteiger partial charge in [0.2, 0.25) is 0 Å². The van der Waals surface area contributed by atoms with Crippen molar-refractivity contribution in [3.8, 4) is 0 Å². The van der Waals surface area contributed by atoms with Gasteiger partial charge in [-0.1, -0.05) is 35.8 Å². The van der Waals surface area contributed by atoms with E-state index in [1.807, 2.05) is 11.3 Å². The first-order valence-electron chi connectivity index (χ1n) is 4.81. The van der Waals surface area contributed by atoms with Crippen molar-refractivity contribution in [2.24, 2.45) is 11.8 Å². The van der Waals surface area contributed by atoms with Crippen LogP contribution in [-0.2, 0) is 5.41 Å². The molecule has 0 saturated heterocycles. The van der Waals surface area contributed by atoms with E-state index in [-0.39, 0.29) is 0 Å². The van der Waals surface area contributed by atoms with Gasteiger partial charge in [-0.05, 0) is 29.7 Å². The fourth-order valence-electron chi connectivity index (χ4n) is 2.38. The van der Waals surface area contributed by atoms with Crippen molar-refractivity contribution >= 4 is 27.3 Å². The molecule has 72 valence electrons. The maximum atomic E-state index is 3.61. The standard InChI is InChI=1S/C11H15BrS/c1-8(2)11(6-9(11)7-12)10-4-3-5-13-10/h3-5,8-9H,6-7H2,1-2H3. The third kappa shape index (κ3) is 1.39. The Morgan fingerprint density at radius 3 is 2.85 bits per heavy atom. The molecule has 1 aromatic rings. The summed E-state index contributed by atoms with van der Waals surface area (Å²) in [7, 11) is 0. The van der Waals surface area contributed by atoms with Crippen molar-refractivity contribution in [1.29, 1.82) is 0 Å². The molecule has 0 aliphatic heterocycles. The Morgan fingerprint density at radius 1 is 1.69 bits per heavy atom. The molecule has 0 N–H and O–H groups in total. The maximum absolute atomic E-state index is 3.61. The molecule has 0 nitrogen and oxygen atoms in total. The first-order valence-corrected chi connectivity index (χ1v) is 6.82. The molecule has 1 fully saturated rings. The predicted octanol–water partition coefficient (Wildman–Crippen LogP) is 4.06. The Kier molecular flexibility index (Phi) is 2.54. The van der Waals surface area contributed by atoms with E-state index in [4.69, 9.17) is 0 Å². The number of halogens is 1. The lowest BCUT2D eigenvalue weighted by Crippen LogP contribution is -2.16. The van der Waals surface area contributed by atoms with Crippen LogP contribution < -0.4 is 0 Å². The van der Waals surface area contributed by atoms with Crippen LogP contribution in [0.2, 0.25) is 0 Å². The van der Waals surface area contributed by atoms with E-state index in [2.05, 4.69) is 47.3 Å². The van der Waals surface area contributed by atoms with Gasteiger partial charge in [0.25, 0.3) is 0 Å². The van der Waals surface area contributed by atoms with Gasteiger partial charge in [0.1, 0.15) is 0 Å². The normalized spacial score (nSPS) is 32.5. The summed E-state index contributed by atoms with van der Waals surface area (Å²) in [6.45, 7) is 4.70. The summed E-state index contributed by atoms with van der Waals surface area (Å²) in [6.07, 6.45) is 1.37. The lowest BCUT2D eigenvalue weighted by Gasteiger charge is -2.19. The lowest BCUT2D eigenvalue weighted by atomic mass is 9.88. The zero-order valence-corrected chi connectivity index (χ0v) is 10.5. The predicted molar refractivity (Wildman–Crippen MR) is 62.7 cm³/mol. The summed E-state index contributed by atoms with van der Waals surface area (Å²) < 4.78 is 0. The number of thiophene rings is 1. The number of hydrogen-bond donors (Lipinski definition) is 0. The Morgan fingerprint density at radius 2 is 2.46 bits per heavy atom. The first kappa shape index (κ1) is 9.72. The van der Waals surface area contributed by atoms with Crippen molar-refractivity contribution < 1.29 is 0 Å². The molecule has 1 heterocycles. The van der Waals surface area contributed by atoms with Crippen LogP contribution in [0.3, 0.4) is 0 Å². The molecule has 0 bridgehead atoms. The van der Waals surface area contributed by atoms with Crippen LogP contribution in [0, 0.1) is 11.8 Å². The highest BCUT2D eigenvalue weighted by Crippen LogP contribution is 2.60. The van der Waals surface area contributed by atoms with Crippen LogP contribution in [0.4, 0.5) is 0 Å². The first-order chi connectivity index (χ1) is 6.21. The van der Waals surface area contributed by atoms with E-state index in [1.165, 1.54) is 6.42 Å². The van der Waals surface area contributed by atoms with Crippen LogP contribution in [-0.4, -0.2) is 5.33 Å². The molecule has 0 amide bonds. The average molecular weight is 259 g/mol. The second-order valence-electron chi connectivity index (χ2n) is 4.23. The average Bonchev–Trinajstić information content (AvgIpc) is 2.62. The van der Waals surface area contributed by atoms with Crippen LogP contribution in [0.1, 0.15) is 25.1 Å². The van der Waals surface area contributed by atoms with Gasteiger partial charge in [0, 0.05) is 15.6 Å². The molecule has 2 heteroatoms. The molecular weight excluding hydrogens is 244 g/mol. The molecule has 1 aliphatic rings. The van der Waals surface area contributed by atoms with E-state index in [0.717, 1.165) is 17.2 Å². The minimum atomic E-state index is 0.512. The Labute approximate surface area is 92.5 Å². The molecule has 0 radical (unpaired) electrons. The van der Waals surface area contributed by atoms with Crippen molar-refractivity contribution in [3.05, 3.63) is 22.4 Å². The van der Waals surface area contributed by atoms with Gasteiger partial charge >= 0.3 is 0 Å². The SMILES string of the molecule is CC(C)C1(c2cccs2)CC1CBr. The second-order valence-corrected chi connectivity index (χ2v) is 5.82. The quantitative estimate of drug-likeness (QED) is 0.718. The van der Waals surface area contributed by atoms with Gasteiger partial charge in [-0.2, -0.15) is 0 Å². The van der Waals surface area contributed by atoms with E-state index in [0.29, 0.717) is 5.41 Å². The minimum Gasteiger partial charge on any atom is -0.148 e. The molecule has 2 rings (SSSR count). The number of hydrogen-bond acceptors (Lipinski definition) is 1. The topological polar surface area (TPSA) is 0 Å². The fourth-order valence-corrected chi connectivity index (χ4v) is 4.35. The third-order valence-electron chi connectivity index (χ3n) is 3.35. The summed E-state index contributed by atoms with van der Waals surface area (Å²) in [5.74, 6) is 1.64. The summed E-state index contributed by atoms with van der Waals surface area (Å²) in [5.41, 5.74) is 0.512. The highest BCUT2D eigenvalue weighted by atomic mass is 79.9. The number of rotatable bonds is 3. The Hall–Kier alpha value is 0.180. The van der Waals surface area contributed by atoms with Crippen LogP contribution in [0.5, 0.6) is 0 Å². The Bertz CT molecular complexity index is 278. The van der Waals surface area contributed by atoms with Gasteiger partial charge in [0.15, 0.2) is 0 Å². The maximum Gasteiger partial charge on any atom is 0.0113 e. The van der Waals surface area contributed by atoms with Crippen molar-refractivity contribution in [2.75, 3.05) is 5.33 Å². The van der Waals surface area contributed by atoms with Gasteiger partial charge < -0.3 is 0 Å². The molecule has 2 unspecified atom stereocenters. The van der Waals surface area contributed by atoms with Crippen molar-refractivity contribution in [2.45, 2.75) is 25.7 Å². The van der Waals surface area contributed by atoms with Crippen LogP contribution in [0.15, 0.2) is 17.5 Å². The molecule has 0 aromatic carbocycles. The summed E-state index contributed by atoms with van der Waals surface area (Å²) in [4.78, 5) is 1.59. The second kappa shape index (κ2) is 3.39. The molecule has 1 aromatic heterocycles. The molecule has 13 heavy (non-hydrogen) atoms. The highest BCUT2D eigenvalue weighted by Gasteiger charge is 2.56. The summed E-state index contributed by atoms with van der Waals surface area (Å²) in [6, 6.07) is 4.47. The molecule has 0 spiro atoms. The zero-order chi connectivity index (χ0) is 9.47. The van der Waals surface area contributed by atoms with Crippen LogP contribution >= 0.6 is 27.3 Å². The van der Waals surface area contributed by atoms with Gasteiger partial charge in [0.05, 0.1) is 0 Å². The van der Waals surface area contributed by atoms with E-state index in [1.54, 1.807) is 4.88 Å². The van der Waals surface area contributed by atoms with E-state index < -0.39 is 0 Å². The summed E-state index contributed by atoms with van der Waals surface area (Å²) >= 11 is 5.53. The zero-order valence-electron chi connectivity index (χ0n) is 8.09. The largest absolute Gasteiger partial charge is 0.148 e.